The minimum atomic E-state index is 0.351. The molecular formula is C9H20N2. The maximum atomic E-state index is 5.62. The molecule has 3 N–H and O–H groups in total. The second-order valence-corrected chi connectivity index (χ2v) is 3.77. The zero-order valence-electron chi connectivity index (χ0n) is 7.47. The van der Waals surface area contributed by atoms with Crippen molar-refractivity contribution in [3.05, 3.63) is 0 Å². The molecule has 0 spiro atoms. The zero-order chi connectivity index (χ0) is 8.10. The van der Waals surface area contributed by atoms with E-state index in [-0.39, 0.29) is 0 Å². The Hall–Kier alpha value is -0.0800. The molecule has 0 aliphatic heterocycles. The topological polar surface area (TPSA) is 38.0 Å². The van der Waals surface area contributed by atoms with Crippen molar-refractivity contribution >= 4 is 0 Å². The molecule has 0 aromatic rings. The molecule has 0 aromatic heterocycles. The Morgan fingerprint density at radius 2 is 2.27 bits per heavy atom. The highest BCUT2D eigenvalue weighted by Crippen LogP contribution is 2.24. The summed E-state index contributed by atoms with van der Waals surface area (Å²) in [4.78, 5) is 0. The van der Waals surface area contributed by atoms with Gasteiger partial charge in [-0.05, 0) is 45.2 Å². The molecule has 0 aromatic carbocycles. The van der Waals surface area contributed by atoms with Crippen molar-refractivity contribution in [2.45, 2.75) is 38.6 Å². The van der Waals surface area contributed by atoms with Crippen molar-refractivity contribution in [3.63, 3.8) is 0 Å². The van der Waals surface area contributed by atoms with Crippen LogP contribution in [0.3, 0.4) is 0 Å². The number of hydrogen-bond donors (Lipinski definition) is 2. The van der Waals surface area contributed by atoms with Crippen LogP contribution in [0.1, 0.15) is 32.6 Å². The lowest BCUT2D eigenvalue weighted by Crippen LogP contribution is -2.30. The fourth-order valence-electron chi connectivity index (χ4n) is 1.33. The van der Waals surface area contributed by atoms with Gasteiger partial charge in [-0.15, -0.1) is 0 Å². The Balaban J connectivity index is 1.80. The molecule has 0 amide bonds. The first-order valence-electron chi connectivity index (χ1n) is 4.75. The van der Waals surface area contributed by atoms with Gasteiger partial charge in [0.1, 0.15) is 0 Å². The third-order valence-corrected chi connectivity index (χ3v) is 2.43. The van der Waals surface area contributed by atoms with Crippen molar-refractivity contribution in [2.75, 3.05) is 13.1 Å². The molecule has 1 aliphatic rings. The van der Waals surface area contributed by atoms with Gasteiger partial charge in [0, 0.05) is 6.04 Å². The Kier molecular flexibility index (Phi) is 3.87. The predicted octanol–water partition coefficient (Wildman–Crippen LogP) is 1.11. The quantitative estimate of drug-likeness (QED) is 0.585. The first kappa shape index (κ1) is 9.01. The maximum Gasteiger partial charge on any atom is 0.00225 e. The van der Waals surface area contributed by atoms with Crippen LogP contribution < -0.4 is 11.1 Å². The van der Waals surface area contributed by atoms with Gasteiger partial charge in [-0.25, -0.2) is 0 Å². The molecule has 1 atom stereocenters. The SMILES string of the molecule is CC(N)CCNCC1CCC1. The average molecular weight is 156 g/mol. The normalized spacial score (nSPS) is 21.3. The van der Waals surface area contributed by atoms with Crippen LogP contribution in [0, 0.1) is 5.92 Å². The second-order valence-electron chi connectivity index (χ2n) is 3.77. The highest BCUT2D eigenvalue weighted by atomic mass is 14.9. The van der Waals surface area contributed by atoms with Gasteiger partial charge in [0.15, 0.2) is 0 Å². The van der Waals surface area contributed by atoms with Crippen LogP contribution in [0.4, 0.5) is 0 Å². The summed E-state index contributed by atoms with van der Waals surface area (Å²) in [5.74, 6) is 0.975. The van der Waals surface area contributed by atoms with Gasteiger partial charge < -0.3 is 11.1 Å². The molecule has 0 bridgehead atoms. The Morgan fingerprint density at radius 3 is 2.73 bits per heavy atom. The van der Waals surface area contributed by atoms with E-state index < -0.39 is 0 Å². The van der Waals surface area contributed by atoms with Gasteiger partial charge in [0.2, 0.25) is 0 Å². The van der Waals surface area contributed by atoms with E-state index in [0.29, 0.717) is 6.04 Å². The molecule has 1 rings (SSSR count). The molecule has 1 aliphatic carbocycles. The standard InChI is InChI=1S/C9H20N2/c1-8(10)5-6-11-7-9-3-2-4-9/h8-9,11H,2-7,10H2,1H3. The van der Waals surface area contributed by atoms with Gasteiger partial charge in [0.05, 0.1) is 0 Å². The Morgan fingerprint density at radius 1 is 1.55 bits per heavy atom. The molecule has 2 nitrogen and oxygen atoms in total. The summed E-state index contributed by atoms with van der Waals surface area (Å²) < 4.78 is 0. The van der Waals surface area contributed by atoms with Gasteiger partial charge in [-0.1, -0.05) is 6.42 Å². The number of hydrogen-bond acceptors (Lipinski definition) is 2. The minimum Gasteiger partial charge on any atom is -0.328 e. The van der Waals surface area contributed by atoms with Gasteiger partial charge in [-0.3, -0.25) is 0 Å². The monoisotopic (exact) mass is 156 g/mol. The van der Waals surface area contributed by atoms with Crippen molar-refractivity contribution in [2.24, 2.45) is 11.7 Å². The summed E-state index contributed by atoms with van der Waals surface area (Å²) in [5.41, 5.74) is 5.62. The van der Waals surface area contributed by atoms with E-state index in [1.165, 1.54) is 25.8 Å². The van der Waals surface area contributed by atoms with E-state index in [0.717, 1.165) is 18.9 Å². The van der Waals surface area contributed by atoms with Gasteiger partial charge in [-0.2, -0.15) is 0 Å². The van der Waals surface area contributed by atoms with Crippen LogP contribution in [0.5, 0.6) is 0 Å². The summed E-state index contributed by atoms with van der Waals surface area (Å²) in [6.45, 7) is 4.37. The lowest BCUT2D eigenvalue weighted by Gasteiger charge is -2.25. The molecular weight excluding hydrogens is 136 g/mol. The van der Waals surface area contributed by atoms with E-state index in [1.807, 2.05) is 0 Å². The van der Waals surface area contributed by atoms with E-state index in [4.69, 9.17) is 5.73 Å². The molecule has 1 unspecified atom stereocenters. The van der Waals surface area contributed by atoms with Gasteiger partial charge in [0.25, 0.3) is 0 Å². The van der Waals surface area contributed by atoms with Crippen LogP contribution in [-0.4, -0.2) is 19.1 Å². The Labute approximate surface area is 69.5 Å². The third kappa shape index (κ3) is 3.73. The maximum absolute atomic E-state index is 5.62. The summed E-state index contributed by atoms with van der Waals surface area (Å²) >= 11 is 0. The fourth-order valence-corrected chi connectivity index (χ4v) is 1.33. The molecule has 0 radical (unpaired) electrons. The largest absolute Gasteiger partial charge is 0.328 e. The van der Waals surface area contributed by atoms with Crippen LogP contribution in [0.15, 0.2) is 0 Å². The van der Waals surface area contributed by atoms with E-state index in [9.17, 15) is 0 Å². The first-order valence-corrected chi connectivity index (χ1v) is 4.75. The number of nitrogens with one attached hydrogen (secondary N) is 1. The molecule has 66 valence electrons. The molecule has 11 heavy (non-hydrogen) atoms. The summed E-state index contributed by atoms with van der Waals surface area (Å²) in [5, 5.41) is 3.44. The van der Waals surface area contributed by atoms with E-state index in [2.05, 4.69) is 12.2 Å². The lowest BCUT2D eigenvalue weighted by molar-refractivity contribution is 0.301. The number of nitrogens with two attached hydrogens (primary N) is 1. The number of rotatable bonds is 5. The second kappa shape index (κ2) is 4.73. The van der Waals surface area contributed by atoms with Crippen LogP contribution >= 0.6 is 0 Å². The molecule has 1 fully saturated rings. The zero-order valence-corrected chi connectivity index (χ0v) is 7.47. The van der Waals surface area contributed by atoms with Crippen molar-refractivity contribution in [1.29, 1.82) is 0 Å². The smallest absolute Gasteiger partial charge is 0.00225 e. The van der Waals surface area contributed by atoms with E-state index >= 15 is 0 Å². The summed E-state index contributed by atoms with van der Waals surface area (Å²) in [6, 6.07) is 0.351. The third-order valence-electron chi connectivity index (χ3n) is 2.43. The highest BCUT2D eigenvalue weighted by molar-refractivity contribution is 4.71. The highest BCUT2D eigenvalue weighted by Gasteiger charge is 2.15. The Bertz CT molecular complexity index is 97.7. The van der Waals surface area contributed by atoms with E-state index in [1.54, 1.807) is 0 Å². The van der Waals surface area contributed by atoms with Crippen molar-refractivity contribution in [1.82, 2.24) is 5.32 Å². The van der Waals surface area contributed by atoms with Crippen LogP contribution in [-0.2, 0) is 0 Å². The summed E-state index contributed by atoms with van der Waals surface area (Å²) in [6.07, 6.45) is 5.42. The molecule has 0 saturated heterocycles. The van der Waals surface area contributed by atoms with Crippen molar-refractivity contribution < 1.29 is 0 Å². The summed E-state index contributed by atoms with van der Waals surface area (Å²) in [7, 11) is 0. The average Bonchev–Trinajstić information content (AvgIpc) is 1.82. The van der Waals surface area contributed by atoms with Crippen molar-refractivity contribution in [3.8, 4) is 0 Å². The first-order chi connectivity index (χ1) is 5.29. The van der Waals surface area contributed by atoms with Gasteiger partial charge >= 0.3 is 0 Å². The molecule has 2 heteroatoms. The lowest BCUT2D eigenvalue weighted by atomic mass is 9.85. The predicted molar refractivity (Wildman–Crippen MR) is 48.5 cm³/mol. The molecule has 0 heterocycles. The van der Waals surface area contributed by atoms with Crippen LogP contribution in [0.25, 0.3) is 0 Å². The minimum absolute atomic E-state index is 0.351. The van der Waals surface area contributed by atoms with Crippen LogP contribution in [0.2, 0.25) is 0 Å². The fraction of sp³-hybridized carbons (Fsp3) is 1.00. The molecule has 1 saturated carbocycles.